The molecular formula is C30H50N2O8. The van der Waals surface area contributed by atoms with Crippen molar-refractivity contribution in [2.75, 3.05) is 33.3 Å². The summed E-state index contributed by atoms with van der Waals surface area (Å²) in [6.07, 6.45) is 4.72. The van der Waals surface area contributed by atoms with Gasteiger partial charge in [0.05, 0.1) is 42.5 Å². The molecule has 0 unspecified atom stereocenters. The molecule has 3 fully saturated rings. The second-order valence-corrected chi connectivity index (χ2v) is 12.2. The number of hydrogen-bond donors (Lipinski definition) is 3. The van der Waals surface area contributed by atoms with Gasteiger partial charge in [-0.05, 0) is 38.7 Å². The number of nitrogens with one attached hydrogen (secondary N) is 1. The lowest BCUT2D eigenvalue weighted by Crippen LogP contribution is -2.50. The van der Waals surface area contributed by atoms with Crippen LogP contribution in [-0.2, 0) is 23.7 Å². The monoisotopic (exact) mass is 566 g/mol. The average Bonchev–Trinajstić information content (AvgIpc) is 3.56. The maximum atomic E-state index is 12.8. The minimum absolute atomic E-state index is 0.0312. The first-order valence-corrected chi connectivity index (χ1v) is 14.6. The van der Waals surface area contributed by atoms with Crippen LogP contribution in [0.2, 0.25) is 0 Å². The highest BCUT2D eigenvalue weighted by Crippen LogP contribution is 2.47. The van der Waals surface area contributed by atoms with Crippen LogP contribution >= 0.6 is 0 Å². The summed E-state index contributed by atoms with van der Waals surface area (Å²) in [7, 11) is 1.62. The van der Waals surface area contributed by atoms with Crippen molar-refractivity contribution in [3.05, 3.63) is 23.8 Å². The Morgan fingerprint density at radius 3 is 2.50 bits per heavy atom. The molecule has 0 aliphatic carbocycles. The van der Waals surface area contributed by atoms with Gasteiger partial charge in [0.2, 0.25) is 0 Å². The SMILES string of the molecule is CO[C@H]([C@@H](C)[C@H]1O[C@]1(C)C[C@H](C)/C=C/C=C(\C)[C@H]1O[C@@H](CC(=O)O)C[C@@H](OC(=O)N2CCNCC2)[C@@H]1C)[C@@H](C)O. The van der Waals surface area contributed by atoms with Crippen LogP contribution in [0.15, 0.2) is 23.8 Å². The number of epoxide rings is 1. The topological polar surface area (TPSA) is 130 Å². The van der Waals surface area contributed by atoms with E-state index < -0.39 is 24.3 Å². The molecule has 228 valence electrons. The van der Waals surface area contributed by atoms with E-state index in [0.717, 1.165) is 25.1 Å². The molecule has 10 nitrogen and oxygen atoms in total. The molecule has 0 radical (unpaired) electrons. The third-order valence-electron chi connectivity index (χ3n) is 8.59. The molecule has 3 heterocycles. The zero-order valence-corrected chi connectivity index (χ0v) is 25.2. The lowest BCUT2D eigenvalue weighted by atomic mass is 9.85. The lowest BCUT2D eigenvalue weighted by Gasteiger charge is -2.41. The van der Waals surface area contributed by atoms with Gasteiger partial charge in [-0.25, -0.2) is 4.79 Å². The average molecular weight is 567 g/mol. The van der Waals surface area contributed by atoms with E-state index >= 15 is 0 Å². The predicted octanol–water partition coefficient (Wildman–Crippen LogP) is 3.38. The molecule has 40 heavy (non-hydrogen) atoms. The van der Waals surface area contributed by atoms with Crippen molar-refractivity contribution in [2.45, 2.75) is 103 Å². The highest BCUT2D eigenvalue weighted by atomic mass is 16.6. The van der Waals surface area contributed by atoms with Crippen LogP contribution in [0.5, 0.6) is 0 Å². The van der Waals surface area contributed by atoms with E-state index in [0.29, 0.717) is 19.5 Å². The number of carbonyl (C=O) groups excluding carboxylic acids is 1. The van der Waals surface area contributed by atoms with E-state index in [2.05, 4.69) is 32.2 Å². The van der Waals surface area contributed by atoms with Gasteiger partial charge in [-0.2, -0.15) is 0 Å². The number of nitrogens with zero attached hydrogens (tertiary/aromatic N) is 1. The maximum absolute atomic E-state index is 12.8. The summed E-state index contributed by atoms with van der Waals surface area (Å²) in [5, 5.41) is 22.6. The van der Waals surface area contributed by atoms with Crippen LogP contribution in [-0.4, -0.2) is 103 Å². The van der Waals surface area contributed by atoms with Crippen molar-refractivity contribution in [2.24, 2.45) is 17.8 Å². The first-order chi connectivity index (χ1) is 18.9. The van der Waals surface area contributed by atoms with Gasteiger partial charge in [0, 0.05) is 51.5 Å². The van der Waals surface area contributed by atoms with E-state index in [-0.39, 0.29) is 54.2 Å². The predicted molar refractivity (Wildman–Crippen MR) is 151 cm³/mol. The number of hydrogen-bond acceptors (Lipinski definition) is 8. The molecule has 0 aromatic carbocycles. The fraction of sp³-hybridized carbons (Fsp3) is 0.800. The molecule has 0 aromatic rings. The number of piperazine rings is 1. The Hall–Kier alpha value is -1.98. The molecule has 3 N–H and O–H groups in total. The summed E-state index contributed by atoms with van der Waals surface area (Å²) in [6, 6.07) is 0. The van der Waals surface area contributed by atoms with Gasteiger partial charge < -0.3 is 39.4 Å². The Morgan fingerprint density at radius 1 is 1.23 bits per heavy atom. The van der Waals surface area contributed by atoms with Crippen LogP contribution in [0.4, 0.5) is 4.79 Å². The number of methoxy groups -OCH3 is 1. The standard InChI is InChI=1S/C30H50N2O8/c1-18(17-30(6)28(40-30)21(4)27(37-7)22(5)33)9-8-10-19(2)26-20(3)24(15-23(38-26)16-25(34)35)39-29(36)32-13-11-31-12-14-32/h8-10,18,20-24,26-28,31,33H,11-17H2,1-7H3,(H,34,35)/b9-8+,19-10+/t18-,20+,21-,22-,23-,24-,26-,27-,28-,30-/m1/s1. The van der Waals surface area contributed by atoms with Gasteiger partial charge in [-0.3, -0.25) is 4.79 Å². The summed E-state index contributed by atoms with van der Waals surface area (Å²) < 4.78 is 23.7. The van der Waals surface area contributed by atoms with Gasteiger partial charge in [0.25, 0.3) is 0 Å². The smallest absolute Gasteiger partial charge is 0.410 e. The Kier molecular flexibility index (Phi) is 11.6. The number of aliphatic carboxylic acids is 1. The summed E-state index contributed by atoms with van der Waals surface area (Å²) >= 11 is 0. The molecule has 3 aliphatic rings. The maximum Gasteiger partial charge on any atom is 0.410 e. The highest BCUT2D eigenvalue weighted by Gasteiger charge is 2.56. The van der Waals surface area contributed by atoms with E-state index in [1.807, 2.05) is 26.0 Å². The molecule has 1 amide bonds. The Labute approximate surface area is 239 Å². The third-order valence-corrected chi connectivity index (χ3v) is 8.59. The Bertz CT molecular complexity index is 917. The molecule has 10 atom stereocenters. The van der Waals surface area contributed by atoms with Crippen molar-refractivity contribution < 1.29 is 38.7 Å². The fourth-order valence-corrected chi connectivity index (χ4v) is 6.42. The number of carbonyl (C=O) groups is 2. The zero-order chi connectivity index (χ0) is 29.6. The first kappa shape index (κ1) is 32.5. The molecule has 0 aromatic heterocycles. The van der Waals surface area contributed by atoms with Crippen LogP contribution in [0, 0.1) is 17.8 Å². The molecule has 3 rings (SSSR count). The molecule has 0 spiro atoms. The summed E-state index contributed by atoms with van der Waals surface area (Å²) in [5.41, 5.74) is 0.690. The summed E-state index contributed by atoms with van der Waals surface area (Å²) in [6.45, 7) is 14.7. The normalized spacial score (nSPS) is 34.2. The van der Waals surface area contributed by atoms with Crippen molar-refractivity contribution >= 4 is 12.1 Å². The van der Waals surface area contributed by atoms with Crippen molar-refractivity contribution in [1.29, 1.82) is 0 Å². The first-order valence-electron chi connectivity index (χ1n) is 14.6. The second-order valence-electron chi connectivity index (χ2n) is 12.2. The number of carboxylic acids is 1. The molecule has 3 saturated heterocycles. The lowest BCUT2D eigenvalue weighted by molar-refractivity contribution is -0.151. The van der Waals surface area contributed by atoms with E-state index in [9.17, 15) is 19.8 Å². The van der Waals surface area contributed by atoms with E-state index in [4.69, 9.17) is 18.9 Å². The molecule has 0 saturated carbocycles. The van der Waals surface area contributed by atoms with Crippen molar-refractivity contribution in [3.8, 4) is 0 Å². The second kappa shape index (κ2) is 14.3. The van der Waals surface area contributed by atoms with E-state index in [1.165, 1.54) is 0 Å². The van der Waals surface area contributed by atoms with Crippen LogP contribution in [0.1, 0.15) is 60.8 Å². The zero-order valence-electron chi connectivity index (χ0n) is 25.2. The summed E-state index contributed by atoms with van der Waals surface area (Å²) in [4.78, 5) is 26.0. The minimum atomic E-state index is -0.936. The molecule has 0 bridgehead atoms. The minimum Gasteiger partial charge on any atom is -0.481 e. The van der Waals surface area contributed by atoms with Crippen molar-refractivity contribution in [3.63, 3.8) is 0 Å². The molecule has 3 aliphatic heterocycles. The molecular weight excluding hydrogens is 516 g/mol. The number of carboxylic acid groups (broad SMARTS) is 1. The van der Waals surface area contributed by atoms with Crippen LogP contribution in [0.3, 0.4) is 0 Å². The van der Waals surface area contributed by atoms with E-state index in [1.54, 1.807) is 18.9 Å². The number of rotatable bonds is 12. The Morgan fingerprint density at radius 2 is 1.90 bits per heavy atom. The Balaban J connectivity index is 1.61. The number of amides is 1. The quantitative estimate of drug-likeness (QED) is 0.240. The van der Waals surface area contributed by atoms with Gasteiger partial charge in [0.1, 0.15) is 6.10 Å². The van der Waals surface area contributed by atoms with Crippen LogP contribution in [0.25, 0.3) is 0 Å². The van der Waals surface area contributed by atoms with Gasteiger partial charge in [-0.15, -0.1) is 0 Å². The highest BCUT2D eigenvalue weighted by molar-refractivity contribution is 5.68. The fourth-order valence-electron chi connectivity index (χ4n) is 6.42. The van der Waals surface area contributed by atoms with Gasteiger partial charge in [-0.1, -0.05) is 39.0 Å². The number of ether oxygens (including phenoxy) is 4. The van der Waals surface area contributed by atoms with Crippen molar-refractivity contribution in [1.82, 2.24) is 10.2 Å². The van der Waals surface area contributed by atoms with Gasteiger partial charge in [0.15, 0.2) is 0 Å². The number of aliphatic hydroxyl groups excluding tert-OH is 1. The van der Waals surface area contributed by atoms with Gasteiger partial charge >= 0.3 is 12.1 Å². The number of aliphatic hydroxyl groups is 1. The summed E-state index contributed by atoms with van der Waals surface area (Å²) in [5.74, 6) is -0.737. The molecule has 10 heteroatoms. The third kappa shape index (κ3) is 8.52. The largest absolute Gasteiger partial charge is 0.481 e. The number of allylic oxidation sites excluding steroid dienone is 3. The van der Waals surface area contributed by atoms with Crippen LogP contribution < -0.4 is 5.32 Å².